The molecule has 0 heterocycles. The van der Waals surface area contributed by atoms with E-state index in [0.29, 0.717) is 10.7 Å². The van der Waals surface area contributed by atoms with Crippen LogP contribution in [0.15, 0.2) is 29.6 Å². The topological polar surface area (TPSA) is 115 Å². The number of rotatable bonds is 2. The molecule has 96 valence electrons. The Morgan fingerprint density at radius 3 is 2.47 bits per heavy atom. The SMILES string of the molecule is N#C/C(N)=C(\C#N)NC(=O)Nc1ccc(Cl)cc1Cl. The van der Waals surface area contributed by atoms with Crippen molar-refractivity contribution in [3.63, 3.8) is 0 Å². The second-order valence-corrected chi connectivity index (χ2v) is 4.06. The number of halogens is 2. The number of nitrogens with two attached hydrogens (primary N) is 1. The molecular formula is C11H7Cl2N5O. The van der Waals surface area contributed by atoms with E-state index in [4.69, 9.17) is 39.5 Å². The summed E-state index contributed by atoms with van der Waals surface area (Å²) in [5, 5.41) is 22.4. The molecule has 1 aromatic rings. The Kier molecular flexibility index (Phi) is 5.01. The molecule has 0 saturated carbocycles. The third-order valence-electron chi connectivity index (χ3n) is 1.92. The number of hydrogen-bond donors (Lipinski definition) is 3. The predicted molar refractivity (Wildman–Crippen MR) is 71.1 cm³/mol. The van der Waals surface area contributed by atoms with Crippen molar-refractivity contribution in [3.05, 3.63) is 39.6 Å². The number of nitrogens with one attached hydrogen (secondary N) is 2. The van der Waals surface area contributed by atoms with Crippen molar-refractivity contribution in [1.29, 1.82) is 10.5 Å². The van der Waals surface area contributed by atoms with Crippen LogP contribution in [0.3, 0.4) is 0 Å². The first-order valence-corrected chi connectivity index (χ1v) is 5.56. The van der Waals surface area contributed by atoms with E-state index < -0.39 is 6.03 Å². The number of benzene rings is 1. The fourth-order valence-electron chi connectivity index (χ4n) is 1.07. The van der Waals surface area contributed by atoms with E-state index in [-0.39, 0.29) is 16.4 Å². The average Bonchev–Trinajstić information content (AvgIpc) is 2.38. The lowest BCUT2D eigenvalue weighted by Gasteiger charge is -2.08. The van der Waals surface area contributed by atoms with E-state index in [1.54, 1.807) is 12.1 Å². The van der Waals surface area contributed by atoms with Gasteiger partial charge in [-0.3, -0.25) is 5.32 Å². The van der Waals surface area contributed by atoms with Crippen LogP contribution in [0.5, 0.6) is 0 Å². The van der Waals surface area contributed by atoms with Crippen molar-refractivity contribution >= 4 is 34.9 Å². The Morgan fingerprint density at radius 2 is 1.95 bits per heavy atom. The molecule has 0 unspecified atom stereocenters. The highest BCUT2D eigenvalue weighted by Gasteiger charge is 2.10. The molecule has 0 aromatic heterocycles. The van der Waals surface area contributed by atoms with Gasteiger partial charge in [-0.25, -0.2) is 4.79 Å². The maximum Gasteiger partial charge on any atom is 0.324 e. The van der Waals surface area contributed by atoms with Gasteiger partial charge in [-0.1, -0.05) is 23.2 Å². The van der Waals surface area contributed by atoms with Crippen LogP contribution in [0.2, 0.25) is 10.0 Å². The van der Waals surface area contributed by atoms with E-state index in [0.717, 1.165) is 0 Å². The van der Waals surface area contributed by atoms with Crippen LogP contribution in [-0.4, -0.2) is 6.03 Å². The van der Waals surface area contributed by atoms with Crippen molar-refractivity contribution < 1.29 is 4.79 Å². The molecule has 0 aliphatic carbocycles. The second-order valence-electron chi connectivity index (χ2n) is 3.22. The van der Waals surface area contributed by atoms with E-state index >= 15 is 0 Å². The van der Waals surface area contributed by atoms with Gasteiger partial charge in [0.2, 0.25) is 0 Å². The molecule has 0 bridgehead atoms. The third-order valence-corrected chi connectivity index (χ3v) is 2.47. The molecule has 0 aliphatic heterocycles. The minimum atomic E-state index is -0.751. The molecule has 0 atom stereocenters. The number of anilines is 1. The lowest BCUT2D eigenvalue weighted by atomic mass is 10.3. The Hall–Kier alpha value is -2.41. The van der Waals surface area contributed by atoms with Crippen molar-refractivity contribution in [2.24, 2.45) is 5.73 Å². The molecule has 1 aromatic carbocycles. The standard InChI is InChI=1S/C11H7Cl2N5O/c12-6-1-2-9(7(13)3-6)17-11(19)18-10(5-15)8(16)4-14/h1-3H,16H2,(H2,17,18,19)/b10-8-. The van der Waals surface area contributed by atoms with Crippen LogP contribution < -0.4 is 16.4 Å². The molecule has 0 radical (unpaired) electrons. The van der Waals surface area contributed by atoms with Crippen LogP contribution >= 0.6 is 23.2 Å². The van der Waals surface area contributed by atoms with Gasteiger partial charge in [-0.2, -0.15) is 10.5 Å². The maximum absolute atomic E-state index is 11.6. The molecule has 1 rings (SSSR count). The molecule has 4 N–H and O–H groups in total. The number of carbonyl (C=O) groups excluding carboxylic acids is 1. The van der Waals surface area contributed by atoms with Gasteiger partial charge in [-0.05, 0) is 18.2 Å². The zero-order valence-corrected chi connectivity index (χ0v) is 10.9. The minimum Gasteiger partial charge on any atom is -0.388 e. The fraction of sp³-hybridized carbons (Fsp3) is 0. The lowest BCUT2D eigenvalue weighted by Crippen LogP contribution is -2.29. The van der Waals surface area contributed by atoms with Crippen LogP contribution in [0.1, 0.15) is 0 Å². The van der Waals surface area contributed by atoms with Crippen molar-refractivity contribution in [3.8, 4) is 12.1 Å². The van der Waals surface area contributed by atoms with Gasteiger partial charge in [0.1, 0.15) is 17.8 Å². The smallest absolute Gasteiger partial charge is 0.324 e. The Morgan fingerprint density at radius 1 is 1.26 bits per heavy atom. The number of nitriles is 2. The van der Waals surface area contributed by atoms with Gasteiger partial charge in [0, 0.05) is 5.02 Å². The molecular weight excluding hydrogens is 289 g/mol. The summed E-state index contributed by atoms with van der Waals surface area (Å²) in [5.74, 6) is 0. The summed E-state index contributed by atoms with van der Waals surface area (Å²) in [5.41, 5.74) is 4.80. The second kappa shape index (κ2) is 6.50. The first-order valence-electron chi connectivity index (χ1n) is 4.81. The summed E-state index contributed by atoms with van der Waals surface area (Å²) >= 11 is 11.6. The number of allylic oxidation sites excluding steroid dienone is 2. The lowest BCUT2D eigenvalue weighted by molar-refractivity contribution is 0.254. The van der Waals surface area contributed by atoms with Crippen LogP contribution in [-0.2, 0) is 0 Å². The highest BCUT2D eigenvalue weighted by Crippen LogP contribution is 2.25. The summed E-state index contributed by atoms with van der Waals surface area (Å²) in [4.78, 5) is 11.6. The van der Waals surface area contributed by atoms with E-state index in [9.17, 15) is 4.79 Å². The summed E-state index contributed by atoms with van der Waals surface area (Å²) in [6, 6.07) is 6.88. The first-order chi connectivity index (χ1) is 8.97. The number of hydrogen-bond acceptors (Lipinski definition) is 4. The highest BCUT2D eigenvalue weighted by molar-refractivity contribution is 6.36. The number of carbonyl (C=O) groups is 1. The summed E-state index contributed by atoms with van der Waals surface area (Å²) in [6.45, 7) is 0. The summed E-state index contributed by atoms with van der Waals surface area (Å²) in [6.07, 6.45) is 0. The summed E-state index contributed by atoms with van der Waals surface area (Å²) in [7, 11) is 0. The quantitative estimate of drug-likeness (QED) is 0.726. The van der Waals surface area contributed by atoms with Crippen LogP contribution in [0.25, 0.3) is 0 Å². The van der Waals surface area contributed by atoms with Gasteiger partial charge in [-0.15, -0.1) is 0 Å². The number of urea groups is 1. The maximum atomic E-state index is 11.6. The van der Waals surface area contributed by atoms with Gasteiger partial charge < -0.3 is 11.1 Å². The molecule has 6 nitrogen and oxygen atoms in total. The Balaban J connectivity index is 2.82. The molecule has 19 heavy (non-hydrogen) atoms. The monoisotopic (exact) mass is 295 g/mol. The zero-order chi connectivity index (χ0) is 14.4. The van der Waals surface area contributed by atoms with Gasteiger partial charge in [0.15, 0.2) is 5.70 Å². The van der Waals surface area contributed by atoms with Crippen molar-refractivity contribution in [2.45, 2.75) is 0 Å². The minimum absolute atomic E-state index is 0.235. The number of nitrogens with zero attached hydrogens (tertiary/aromatic N) is 2. The van der Waals surface area contributed by atoms with Crippen LogP contribution in [0, 0.1) is 22.7 Å². The Bertz CT molecular complexity index is 627. The zero-order valence-electron chi connectivity index (χ0n) is 9.37. The molecule has 0 saturated heterocycles. The Labute approximate surface area is 119 Å². The van der Waals surface area contributed by atoms with E-state index in [1.807, 2.05) is 0 Å². The normalized spacial score (nSPS) is 10.7. The van der Waals surface area contributed by atoms with Crippen molar-refractivity contribution in [2.75, 3.05) is 5.32 Å². The molecule has 0 aliphatic rings. The van der Waals surface area contributed by atoms with E-state index in [1.165, 1.54) is 18.2 Å². The summed E-state index contributed by atoms with van der Waals surface area (Å²) < 4.78 is 0. The molecule has 0 fully saturated rings. The van der Waals surface area contributed by atoms with Gasteiger partial charge in [0.05, 0.1) is 10.7 Å². The molecule has 8 heteroatoms. The third kappa shape index (κ3) is 4.07. The molecule has 2 amide bonds. The van der Waals surface area contributed by atoms with E-state index in [2.05, 4.69) is 10.6 Å². The first kappa shape index (κ1) is 14.7. The number of amides is 2. The highest BCUT2D eigenvalue weighted by atomic mass is 35.5. The molecule has 0 spiro atoms. The van der Waals surface area contributed by atoms with Crippen LogP contribution in [0.4, 0.5) is 10.5 Å². The average molecular weight is 296 g/mol. The largest absolute Gasteiger partial charge is 0.388 e. The van der Waals surface area contributed by atoms with Crippen molar-refractivity contribution in [1.82, 2.24) is 5.32 Å². The van der Waals surface area contributed by atoms with Gasteiger partial charge in [0.25, 0.3) is 0 Å². The predicted octanol–water partition coefficient (Wildman–Crippen LogP) is 2.33. The van der Waals surface area contributed by atoms with Gasteiger partial charge >= 0.3 is 6.03 Å². The fourth-order valence-corrected chi connectivity index (χ4v) is 1.53.